The molecular weight excluding hydrogens is 244 g/mol. The van der Waals surface area contributed by atoms with Crippen LogP contribution in [0.25, 0.3) is 6.08 Å². The molecule has 0 radical (unpaired) electrons. The van der Waals surface area contributed by atoms with E-state index < -0.39 is 5.54 Å². The highest BCUT2D eigenvalue weighted by Gasteiger charge is 2.33. The van der Waals surface area contributed by atoms with Gasteiger partial charge >= 0.3 is 0 Å². The minimum Gasteiger partial charge on any atom is -0.309 e. The third kappa shape index (κ3) is 2.24. The van der Waals surface area contributed by atoms with Crippen molar-refractivity contribution in [1.29, 1.82) is 5.26 Å². The average Bonchev–Trinajstić information content (AvgIpc) is 2.48. The SMILES string of the molecule is N#CC1(N)CC(Cc2ccccc2)=Cc2ccccc21. The van der Waals surface area contributed by atoms with Crippen molar-refractivity contribution < 1.29 is 0 Å². The zero-order chi connectivity index (χ0) is 14.0. The lowest BCUT2D eigenvalue weighted by Gasteiger charge is -2.29. The Hall–Kier alpha value is -2.37. The van der Waals surface area contributed by atoms with Crippen molar-refractivity contribution in [2.24, 2.45) is 5.73 Å². The maximum atomic E-state index is 9.48. The lowest BCUT2D eigenvalue weighted by Crippen LogP contribution is -2.38. The van der Waals surface area contributed by atoms with E-state index in [-0.39, 0.29) is 0 Å². The van der Waals surface area contributed by atoms with Gasteiger partial charge in [0.1, 0.15) is 5.54 Å². The number of nitriles is 1. The van der Waals surface area contributed by atoms with E-state index >= 15 is 0 Å². The highest BCUT2D eigenvalue weighted by atomic mass is 14.7. The Morgan fingerprint density at radius 3 is 2.50 bits per heavy atom. The van der Waals surface area contributed by atoms with Crippen LogP contribution in [0.3, 0.4) is 0 Å². The van der Waals surface area contributed by atoms with Crippen LogP contribution in [-0.2, 0) is 12.0 Å². The number of hydrogen-bond acceptors (Lipinski definition) is 2. The Balaban J connectivity index is 1.99. The van der Waals surface area contributed by atoms with Gasteiger partial charge in [-0.3, -0.25) is 0 Å². The van der Waals surface area contributed by atoms with Gasteiger partial charge in [0.25, 0.3) is 0 Å². The Morgan fingerprint density at radius 2 is 1.75 bits per heavy atom. The van der Waals surface area contributed by atoms with E-state index in [4.69, 9.17) is 5.73 Å². The molecule has 0 heterocycles. The number of nitrogens with zero attached hydrogens (tertiary/aromatic N) is 1. The van der Waals surface area contributed by atoms with Crippen LogP contribution in [0.15, 0.2) is 60.2 Å². The van der Waals surface area contributed by atoms with Crippen LogP contribution in [0.2, 0.25) is 0 Å². The molecule has 1 aliphatic rings. The van der Waals surface area contributed by atoms with Crippen molar-refractivity contribution in [1.82, 2.24) is 0 Å². The van der Waals surface area contributed by atoms with Crippen molar-refractivity contribution in [3.8, 4) is 6.07 Å². The molecule has 2 aromatic rings. The molecule has 2 N–H and O–H groups in total. The summed E-state index contributed by atoms with van der Waals surface area (Å²) in [5.74, 6) is 0. The third-order valence-electron chi connectivity index (χ3n) is 3.78. The fourth-order valence-corrected chi connectivity index (χ4v) is 2.82. The van der Waals surface area contributed by atoms with Crippen molar-refractivity contribution >= 4 is 6.08 Å². The van der Waals surface area contributed by atoms with Gasteiger partial charge in [0.2, 0.25) is 0 Å². The van der Waals surface area contributed by atoms with E-state index in [9.17, 15) is 5.26 Å². The minimum absolute atomic E-state index is 0.593. The van der Waals surface area contributed by atoms with Crippen LogP contribution in [0.5, 0.6) is 0 Å². The summed E-state index contributed by atoms with van der Waals surface area (Å²) < 4.78 is 0. The van der Waals surface area contributed by atoms with Crippen molar-refractivity contribution in [2.45, 2.75) is 18.4 Å². The molecule has 0 amide bonds. The van der Waals surface area contributed by atoms with E-state index in [1.54, 1.807) is 0 Å². The van der Waals surface area contributed by atoms with Crippen molar-refractivity contribution in [3.63, 3.8) is 0 Å². The summed E-state index contributed by atoms with van der Waals surface area (Å²) >= 11 is 0. The molecule has 3 rings (SSSR count). The highest BCUT2D eigenvalue weighted by Crippen LogP contribution is 2.35. The standard InChI is InChI=1S/C18H16N2/c19-13-18(20)12-15(10-14-6-2-1-3-7-14)11-16-8-4-5-9-17(16)18/h1-9,11H,10,12,20H2. The molecule has 0 aromatic heterocycles. The lowest BCUT2D eigenvalue weighted by molar-refractivity contribution is 0.557. The zero-order valence-corrected chi connectivity index (χ0v) is 11.2. The fraction of sp³-hybridized carbons (Fsp3) is 0.167. The first-order chi connectivity index (χ1) is 9.71. The van der Waals surface area contributed by atoms with E-state index in [1.807, 2.05) is 42.5 Å². The molecule has 0 bridgehead atoms. The topological polar surface area (TPSA) is 49.8 Å². The summed E-state index contributed by atoms with van der Waals surface area (Å²) in [5.41, 5.74) is 9.85. The first kappa shape index (κ1) is 12.7. The maximum Gasteiger partial charge on any atom is 0.134 e. The van der Waals surface area contributed by atoms with Crippen LogP contribution in [-0.4, -0.2) is 0 Å². The van der Waals surface area contributed by atoms with Gasteiger partial charge in [0.15, 0.2) is 0 Å². The quantitative estimate of drug-likeness (QED) is 0.899. The second kappa shape index (κ2) is 4.96. The number of benzene rings is 2. The molecule has 1 unspecified atom stereocenters. The van der Waals surface area contributed by atoms with Gasteiger partial charge in [-0.15, -0.1) is 0 Å². The van der Waals surface area contributed by atoms with Crippen LogP contribution < -0.4 is 5.73 Å². The van der Waals surface area contributed by atoms with Crippen molar-refractivity contribution in [2.75, 3.05) is 0 Å². The van der Waals surface area contributed by atoms with Gasteiger partial charge in [-0.05, 0) is 23.1 Å². The van der Waals surface area contributed by atoms with E-state index in [1.165, 1.54) is 11.1 Å². The average molecular weight is 260 g/mol. The molecule has 0 fully saturated rings. The molecule has 1 atom stereocenters. The predicted molar refractivity (Wildman–Crippen MR) is 80.7 cm³/mol. The zero-order valence-electron chi connectivity index (χ0n) is 11.2. The summed E-state index contributed by atoms with van der Waals surface area (Å²) in [5, 5.41) is 9.48. The van der Waals surface area contributed by atoms with Gasteiger partial charge in [0.05, 0.1) is 6.07 Å². The Bertz CT molecular complexity index is 695. The lowest BCUT2D eigenvalue weighted by atomic mass is 9.77. The molecule has 2 heteroatoms. The number of rotatable bonds is 2. The van der Waals surface area contributed by atoms with Gasteiger partial charge < -0.3 is 5.73 Å². The van der Waals surface area contributed by atoms with E-state index in [0.29, 0.717) is 6.42 Å². The summed E-state index contributed by atoms with van der Waals surface area (Å²) in [4.78, 5) is 0. The second-order valence-electron chi connectivity index (χ2n) is 5.31. The summed E-state index contributed by atoms with van der Waals surface area (Å²) in [6, 6.07) is 20.5. The summed E-state index contributed by atoms with van der Waals surface area (Å²) in [6.45, 7) is 0. The molecule has 0 aliphatic heterocycles. The fourth-order valence-electron chi connectivity index (χ4n) is 2.82. The Kier molecular flexibility index (Phi) is 3.14. The largest absolute Gasteiger partial charge is 0.309 e. The smallest absolute Gasteiger partial charge is 0.134 e. The maximum absolute atomic E-state index is 9.48. The van der Waals surface area contributed by atoms with Gasteiger partial charge in [-0.25, -0.2) is 0 Å². The molecule has 0 spiro atoms. The first-order valence-electron chi connectivity index (χ1n) is 6.74. The molecule has 1 aliphatic carbocycles. The molecular formula is C18H16N2. The third-order valence-corrected chi connectivity index (χ3v) is 3.78. The molecule has 0 saturated heterocycles. The minimum atomic E-state index is -0.907. The van der Waals surface area contributed by atoms with Gasteiger partial charge in [-0.1, -0.05) is 66.2 Å². The summed E-state index contributed by atoms with van der Waals surface area (Å²) in [7, 11) is 0. The predicted octanol–water partition coefficient (Wildman–Crippen LogP) is 3.39. The molecule has 2 aromatic carbocycles. The Labute approximate surface area is 119 Å². The second-order valence-corrected chi connectivity index (χ2v) is 5.31. The summed E-state index contributed by atoms with van der Waals surface area (Å²) in [6.07, 6.45) is 3.61. The molecule has 2 nitrogen and oxygen atoms in total. The van der Waals surface area contributed by atoms with Gasteiger partial charge in [-0.2, -0.15) is 5.26 Å². The monoisotopic (exact) mass is 260 g/mol. The number of hydrogen-bond donors (Lipinski definition) is 1. The van der Waals surface area contributed by atoms with E-state index in [0.717, 1.165) is 17.5 Å². The Morgan fingerprint density at radius 1 is 1.05 bits per heavy atom. The van der Waals surface area contributed by atoms with Crippen LogP contribution >= 0.6 is 0 Å². The normalized spacial score (nSPS) is 20.7. The van der Waals surface area contributed by atoms with Crippen molar-refractivity contribution in [3.05, 3.63) is 76.9 Å². The van der Waals surface area contributed by atoms with Gasteiger partial charge in [0, 0.05) is 6.42 Å². The van der Waals surface area contributed by atoms with Crippen LogP contribution in [0.1, 0.15) is 23.1 Å². The highest BCUT2D eigenvalue weighted by molar-refractivity contribution is 5.64. The molecule has 0 saturated carbocycles. The van der Waals surface area contributed by atoms with Crippen LogP contribution in [0, 0.1) is 11.3 Å². The van der Waals surface area contributed by atoms with E-state index in [2.05, 4.69) is 24.3 Å². The first-order valence-corrected chi connectivity index (χ1v) is 6.74. The van der Waals surface area contributed by atoms with Crippen LogP contribution in [0.4, 0.5) is 0 Å². The molecule has 98 valence electrons. The number of nitrogens with two attached hydrogens (primary N) is 1. The molecule has 20 heavy (non-hydrogen) atoms. The number of fused-ring (bicyclic) bond motifs is 1.